The highest BCUT2D eigenvalue weighted by Gasteiger charge is 2.30. The van der Waals surface area contributed by atoms with Gasteiger partial charge in [-0.25, -0.2) is 0 Å². The molecule has 134 valence electrons. The van der Waals surface area contributed by atoms with Gasteiger partial charge in [-0.05, 0) is 48.6 Å². The molecule has 0 saturated carbocycles. The summed E-state index contributed by atoms with van der Waals surface area (Å²) in [6.07, 6.45) is -1.01. The number of hydrogen-bond acceptors (Lipinski definition) is 2. The lowest BCUT2D eigenvalue weighted by molar-refractivity contribution is -0.137. The molecule has 0 amide bonds. The number of benzene rings is 2. The molecule has 0 unspecified atom stereocenters. The summed E-state index contributed by atoms with van der Waals surface area (Å²) >= 11 is 0. The Labute approximate surface area is 149 Å². The van der Waals surface area contributed by atoms with E-state index in [2.05, 4.69) is 0 Å². The number of alkyl halides is 3. The lowest BCUT2D eigenvalue weighted by atomic mass is 9.88. The SMILES string of the molecule is O=C(C1=C(O)/C(=C/c2ccc(C(F)(F)F)cc2)CCC1)c1ccccc1. The number of carbonyl (C=O) groups excluding carboxylic acids is 1. The van der Waals surface area contributed by atoms with Crippen LogP contribution in [0.2, 0.25) is 0 Å². The van der Waals surface area contributed by atoms with Crippen molar-refractivity contribution in [1.29, 1.82) is 0 Å². The first-order valence-electron chi connectivity index (χ1n) is 8.26. The van der Waals surface area contributed by atoms with E-state index in [4.69, 9.17) is 0 Å². The molecule has 0 aliphatic heterocycles. The van der Waals surface area contributed by atoms with Crippen LogP contribution in [-0.2, 0) is 6.18 Å². The standard InChI is InChI=1S/C21H17F3O2/c22-21(23,24)17-11-9-14(10-12-17)13-16-7-4-8-18(20(16)26)19(25)15-5-2-1-3-6-15/h1-3,5-6,9-13,26H,4,7-8H2/b16-13+. The van der Waals surface area contributed by atoms with Crippen LogP contribution in [0.1, 0.15) is 40.7 Å². The quantitative estimate of drug-likeness (QED) is 0.687. The molecule has 0 radical (unpaired) electrons. The predicted molar refractivity (Wildman–Crippen MR) is 93.7 cm³/mol. The highest BCUT2D eigenvalue weighted by atomic mass is 19.4. The molecule has 0 fully saturated rings. The zero-order valence-corrected chi connectivity index (χ0v) is 13.9. The first kappa shape index (κ1) is 18.0. The minimum atomic E-state index is -4.38. The Hall–Kier alpha value is -2.82. The van der Waals surface area contributed by atoms with E-state index in [0.717, 1.165) is 12.1 Å². The number of aliphatic hydroxyl groups excluding tert-OH is 1. The molecule has 0 saturated heterocycles. The van der Waals surface area contributed by atoms with Gasteiger partial charge in [-0.1, -0.05) is 42.5 Å². The van der Waals surface area contributed by atoms with Crippen LogP contribution < -0.4 is 0 Å². The number of halogens is 3. The molecule has 0 atom stereocenters. The van der Waals surface area contributed by atoms with Crippen LogP contribution in [0.25, 0.3) is 6.08 Å². The number of rotatable bonds is 3. The van der Waals surface area contributed by atoms with Gasteiger partial charge >= 0.3 is 6.18 Å². The lowest BCUT2D eigenvalue weighted by Crippen LogP contribution is -2.12. The van der Waals surface area contributed by atoms with Crippen LogP contribution in [0, 0.1) is 0 Å². The van der Waals surface area contributed by atoms with Gasteiger partial charge in [0.2, 0.25) is 0 Å². The van der Waals surface area contributed by atoms with Crippen LogP contribution in [0.5, 0.6) is 0 Å². The van der Waals surface area contributed by atoms with Gasteiger partial charge in [-0.15, -0.1) is 0 Å². The van der Waals surface area contributed by atoms with Crippen molar-refractivity contribution >= 4 is 11.9 Å². The van der Waals surface area contributed by atoms with Crippen molar-refractivity contribution < 1.29 is 23.1 Å². The molecule has 2 nitrogen and oxygen atoms in total. The molecule has 0 spiro atoms. The topological polar surface area (TPSA) is 37.3 Å². The van der Waals surface area contributed by atoms with E-state index in [1.54, 1.807) is 30.3 Å². The van der Waals surface area contributed by atoms with E-state index in [1.807, 2.05) is 6.07 Å². The van der Waals surface area contributed by atoms with Crippen LogP contribution >= 0.6 is 0 Å². The predicted octanol–water partition coefficient (Wildman–Crippen LogP) is 5.97. The van der Waals surface area contributed by atoms with Gasteiger partial charge in [0.1, 0.15) is 5.76 Å². The Kier molecular flexibility index (Phi) is 4.98. The molecular weight excluding hydrogens is 341 g/mol. The second kappa shape index (κ2) is 7.20. The van der Waals surface area contributed by atoms with E-state index in [-0.39, 0.29) is 11.5 Å². The smallest absolute Gasteiger partial charge is 0.416 e. The largest absolute Gasteiger partial charge is 0.507 e. The van der Waals surface area contributed by atoms with Crippen molar-refractivity contribution in [3.05, 3.63) is 88.2 Å². The maximum absolute atomic E-state index is 12.6. The Morgan fingerprint density at radius 1 is 0.962 bits per heavy atom. The molecule has 0 aromatic heterocycles. The van der Waals surface area contributed by atoms with Crippen LogP contribution in [0.3, 0.4) is 0 Å². The van der Waals surface area contributed by atoms with E-state index in [0.29, 0.717) is 41.5 Å². The summed E-state index contributed by atoms with van der Waals surface area (Å²) in [5, 5.41) is 10.5. The van der Waals surface area contributed by atoms with Crippen LogP contribution in [0.4, 0.5) is 13.2 Å². The maximum atomic E-state index is 12.6. The van der Waals surface area contributed by atoms with E-state index < -0.39 is 11.7 Å². The van der Waals surface area contributed by atoms with Gasteiger partial charge in [0, 0.05) is 11.1 Å². The number of carbonyl (C=O) groups is 1. The molecule has 2 aromatic rings. The summed E-state index contributed by atoms with van der Waals surface area (Å²) in [5.41, 5.74) is 1.25. The minimum Gasteiger partial charge on any atom is -0.507 e. The van der Waals surface area contributed by atoms with Gasteiger partial charge in [-0.3, -0.25) is 4.79 Å². The maximum Gasteiger partial charge on any atom is 0.416 e. The van der Waals surface area contributed by atoms with E-state index in [9.17, 15) is 23.1 Å². The second-order valence-electron chi connectivity index (χ2n) is 6.17. The number of allylic oxidation sites excluding steroid dienone is 2. The summed E-state index contributed by atoms with van der Waals surface area (Å²) in [4.78, 5) is 12.6. The molecule has 1 N–H and O–H groups in total. The molecule has 1 aliphatic carbocycles. The number of hydrogen-bond donors (Lipinski definition) is 1. The van der Waals surface area contributed by atoms with E-state index in [1.165, 1.54) is 12.1 Å². The average Bonchev–Trinajstić information content (AvgIpc) is 2.63. The first-order chi connectivity index (χ1) is 12.4. The number of ketones is 1. The monoisotopic (exact) mass is 358 g/mol. The van der Waals surface area contributed by atoms with Crippen molar-refractivity contribution in [1.82, 2.24) is 0 Å². The zero-order valence-electron chi connectivity index (χ0n) is 13.9. The van der Waals surface area contributed by atoms with Crippen molar-refractivity contribution in [2.45, 2.75) is 25.4 Å². The fraction of sp³-hybridized carbons (Fsp3) is 0.190. The summed E-state index contributed by atoms with van der Waals surface area (Å²) in [5.74, 6) is -0.286. The Morgan fingerprint density at radius 2 is 1.62 bits per heavy atom. The lowest BCUT2D eigenvalue weighted by Gasteiger charge is -2.18. The van der Waals surface area contributed by atoms with Crippen molar-refractivity contribution in [3.8, 4) is 0 Å². The normalized spacial score (nSPS) is 16.8. The molecule has 5 heteroatoms. The van der Waals surface area contributed by atoms with Crippen molar-refractivity contribution in [3.63, 3.8) is 0 Å². The minimum absolute atomic E-state index is 0.0648. The summed E-state index contributed by atoms with van der Waals surface area (Å²) in [6, 6.07) is 13.4. The zero-order chi connectivity index (χ0) is 18.7. The Morgan fingerprint density at radius 3 is 2.23 bits per heavy atom. The number of aliphatic hydroxyl groups is 1. The van der Waals surface area contributed by atoms with Gasteiger partial charge < -0.3 is 5.11 Å². The molecular formula is C21H17F3O2. The molecule has 2 aromatic carbocycles. The average molecular weight is 358 g/mol. The number of Topliss-reactive ketones (excluding diaryl/α,β-unsaturated/α-hetero) is 1. The Bertz CT molecular complexity index is 860. The fourth-order valence-electron chi connectivity index (χ4n) is 2.98. The molecule has 0 bridgehead atoms. The highest BCUT2D eigenvalue weighted by molar-refractivity contribution is 6.09. The summed E-state index contributed by atoms with van der Waals surface area (Å²) in [7, 11) is 0. The molecule has 1 aliphatic rings. The molecule has 26 heavy (non-hydrogen) atoms. The Balaban J connectivity index is 1.90. The van der Waals surface area contributed by atoms with Crippen LogP contribution in [-0.4, -0.2) is 10.9 Å². The van der Waals surface area contributed by atoms with Crippen molar-refractivity contribution in [2.75, 3.05) is 0 Å². The van der Waals surface area contributed by atoms with Gasteiger partial charge in [0.05, 0.1) is 5.56 Å². The third-order valence-electron chi connectivity index (χ3n) is 4.35. The van der Waals surface area contributed by atoms with Crippen LogP contribution in [0.15, 0.2) is 71.5 Å². The third-order valence-corrected chi connectivity index (χ3v) is 4.35. The molecule has 3 rings (SSSR count). The van der Waals surface area contributed by atoms with Gasteiger partial charge in [0.15, 0.2) is 5.78 Å². The fourth-order valence-corrected chi connectivity index (χ4v) is 2.98. The summed E-state index contributed by atoms with van der Waals surface area (Å²) in [6.45, 7) is 0. The third kappa shape index (κ3) is 3.87. The van der Waals surface area contributed by atoms with Gasteiger partial charge in [0.25, 0.3) is 0 Å². The highest BCUT2D eigenvalue weighted by Crippen LogP contribution is 2.33. The van der Waals surface area contributed by atoms with E-state index >= 15 is 0 Å². The van der Waals surface area contributed by atoms with Gasteiger partial charge in [-0.2, -0.15) is 13.2 Å². The summed E-state index contributed by atoms with van der Waals surface area (Å²) < 4.78 is 37.9. The molecule has 0 heterocycles. The van der Waals surface area contributed by atoms with Crippen molar-refractivity contribution in [2.24, 2.45) is 0 Å². The first-order valence-corrected chi connectivity index (χ1v) is 8.26. The second-order valence-corrected chi connectivity index (χ2v) is 6.17.